The quantitative estimate of drug-likeness (QED) is 0.522. The summed E-state index contributed by atoms with van der Waals surface area (Å²) in [4.78, 5) is 12.0. The fraction of sp³-hybridized carbons (Fsp3) is 0.381. The van der Waals surface area contributed by atoms with Gasteiger partial charge in [0, 0.05) is 17.4 Å². The maximum atomic E-state index is 12.1. The number of halogens is 1. The number of aryl methyl sites for hydroxylation is 2. The maximum Gasteiger partial charge on any atom is 0.232 e. The molecule has 0 aliphatic carbocycles. The molecule has 1 N–H and O–H groups in total. The van der Waals surface area contributed by atoms with Crippen molar-refractivity contribution in [1.82, 2.24) is 5.32 Å². The minimum atomic E-state index is -3.43. The zero-order chi connectivity index (χ0) is 21.4. The van der Waals surface area contributed by atoms with E-state index < -0.39 is 10.0 Å². The van der Waals surface area contributed by atoms with E-state index in [4.69, 9.17) is 4.74 Å². The highest BCUT2D eigenvalue weighted by atomic mass is 79.9. The van der Waals surface area contributed by atoms with Crippen molar-refractivity contribution in [1.29, 1.82) is 0 Å². The molecule has 2 aromatic carbocycles. The number of amides is 1. The molecular formula is C21H27BrN2O4S. The second-order valence-corrected chi connectivity index (χ2v) is 9.71. The fourth-order valence-electron chi connectivity index (χ4n) is 2.90. The van der Waals surface area contributed by atoms with Gasteiger partial charge < -0.3 is 10.1 Å². The van der Waals surface area contributed by atoms with E-state index in [1.165, 1.54) is 16.1 Å². The van der Waals surface area contributed by atoms with Crippen molar-refractivity contribution in [2.24, 2.45) is 0 Å². The van der Waals surface area contributed by atoms with Gasteiger partial charge in [-0.1, -0.05) is 39.7 Å². The number of carbonyl (C=O) groups is 1. The van der Waals surface area contributed by atoms with Crippen LogP contribution in [0.3, 0.4) is 0 Å². The van der Waals surface area contributed by atoms with Gasteiger partial charge in [0.25, 0.3) is 0 Å². The molecule has 0 aliphatic heterocycles. The predicted octanol–water partition coefficient (Wildman–Crippen LogP) is 3.81. The second-order valence-electron chi connectivity index (χ2n) is 6.89. The number of hydrogen-bond acceptors (Lipinski definition) is 4. The van der Waals surface area contributed by atoms with E-state index in [0.717, 1.165) is 15.8 Å². The van der Waals surface area contributed by atoms with Crippen molar-refractivity contribution in [2.75, 3.05) is 30.3 Å². The van der Waals surface area contributed by atoms with Crippen LogP contribution in [0.5, 0.6) is 5.75 Å². The number of nitrogens with one attached hydrogen (secondary N) is 1. The average molecular weight is 483 g/mol. The highest BCUT2D eigenvalue weighted by molar-refractivity contribution is 9.10. The van der Waals surface area contributed by atoms with Crippen molar-refractivity contribution in [3.63, 3.8) is 0 Å². The number of sulfonamides is 1. The van der Waals surface area contributed by atoms with Gasteiger partial charge in [0.2, 0.25) is 15.9 Å². The number of hydrogen-bond donors (Lipinski definition) is 1. The highest BCUT2D eigenvalue weighted by Crippen LogP contribution is 2.22. The molecule has 0 radical (unpaired) electrons. The van der Waals surface area contributed by atoms with Gasteiger partial charge in [-0.15, -0.1) is 0 Å². The van der Waals surface area contributed by atoms with Crippen molar-refractivity contribution in [3.8, 4) is 5.75 Å². The van der Waals surface area contributed by atoms with Crippen LogP contribution in [0, 0.1) is 13.8 Å². The van der Waals surface area contributed by atoms with Gasteiger partial charge in [-0.05, 0) is 50.1 Å². The molecule has 0 aromatic heterocycles. The molecule has 0 saturated heterocycles. The third kappa shape index (κ3) is 7.70. The monoisotopic (exact) mass is 482 g/mol. The summed E-state index contributed by atoms with van der Waals surface area (Å²) in [6.45, 7) is 5.02. The Morgan fingerprint density at radius 3 is 2.59 bits per heavy atom. The van der Waals surface area contributed by atoms with Gasteiger partial charge in [-0.25, -0.2) is 8.42 Å². The lowest BCUT2D eigenvalue weighted by Crippen LogP contribution is -2.32. The number of carbonyl (C=O) groups excluding carboxylic acids is 1. The number of rotatable bonds is 10. The summed E-state index contributed by atoms with van der Waals surface area (Å²) in [5.41, 5.74) is 2.81. The summed E-state index contributed by atoms with van der Waals surface area (Å²) in [6.07, 6.45) is 1.82. The van der Waals surface area contributed by atoms with Crippen LogP contribution in [0.1, 0.15) is 24.0 Å². The molecule has 0 heterocycles. The van der Waals surface area contributed by atoms with Gasteiger partial charge in [-0.3, -0.25) is 9.10 Å². The predicted molar refractivity (Wildman–Crippen MR) is 120 cm³/mol. The first-order chi connectivity index (χ1) is 13.7. The first-order valence-electron chi connectivity index (χ1n) is 9.37. The van der Waals surface area contributed by atoms with Crippen LogP contribution < -0.4 is 14.4 Å². The maximum absolute atomic E-state index is 12.1. The van der Waals surface area contributed by atoms with Gasteiger partial charge >= 0.3 is 0 Å². The lowest BCUT2D eigenvalue weighted by molar-refractivity contribution is -0.121. The SMILES string of the molecule is Cc1ccc(OCCNC(=O)CCCN(c2cccc(Br)c2)S(C)(=O)=O)c(C)c1. The molecular weight excluding hydrogens is 456 g/mol. The molecule has 0 fully saturated rings. The molecule has 0 atom stereocenters. The van der Waals surface area contributed by atoms with Crippen LogP contribution in [-0.4, -0.2) is 40.3 Å². The van der Waals surface area contributed by atoms with Crippen molar-refractivity contribution in [3.05, 3.63) is 58.1 Å². The Balaban J connectivity index is 1.76. The fourth-order valence-corrected chi connectivity index (χ4v) is 4.25. The van der Waals surface area contributed by atoms with E-state index in [1.807, 2.05) is 38.1 Å². The van der Waals surface area contributed by atoms with E-state index in [0.29, 0.717) is 25.3 Å². The lowest BCUT2D eigenvalue weighted by Gasteiger charge is -2.22. The molecule has 2 aromatic rings. The van der Waals surface area contributed by atoms with Crippen LogP contribution in [0.25, 0.3) is 0 Å². The Bertz CT molecular complexity index is 947. The number of ether oxygens (including phenoxy) is 1. The molecule has 0 spiro atoms. The number of benzene rings is 2. The van der Waals surface area contributed by atoms with Crippen LogP contribution in [-0.2, 0) is 14.8 Å². The topological polar surface area (TPSA) is 75.7 Å². The summed E-state index contributed by atoms with van der Waals surface area (Å²) in [7, 11) is -3.43. The third-order valence-electron chi connectivity index (χ3n) is 4.27. The standard InChI is InChI=1S/C21H27BrN2O4S/c1-16-9-10-20(17(2)14-16)28-13-11-23-21(25)8-5-12-24(29(3,26)27)19-7-4-6-18(22)15-19/h4,6-7,9-10,14-15H,5,8,11-13H2,1-3H3,(H,23,25). The summed E-state index contributed by atoms with van der Waals surface area (Å²) in [5.74, 6) is 0.680. The van der Waals surface area contributed by atoms with E-state index in [9.17, 15) is 13.2 Å². The first-order valence-corrected chi connectivity index (χ1v) is 12.0. The minimum absolute atomic E-state index is 0.128. The van der Waals surface area contributed by atoms with Gasteiger partial charge in [0.15, 0.2) is 0 Å². The van der Waals surface area contributed by atoms with Gasteiger partial charge in [0.05, 0.1) is 18.5 Å². The average Bonchev–Trinajstić information content (AvgIpc) is 2.62. The normalized spacial score (nSPS) is 11.2. The zero-order valence-electron chi connectivity index (χ0n) is 16.9. The Hall–Kier alpha value is -2.06. The van der Waals surface area contributed by atoms with Crippen LogP contribution in [0.4, 0.5) is 5.69 Å². The van der Waals surface area contributed by atoms with Crippen molar-refractivity contribution >= 4 is 37.5 Å². The molecule has 2 rings (SSSR count). The Kier molecular flexibility index (Phi) is 8.52. The minimum Gasteiger partial charge on any atom is -0.491 e. The van der Waals surface area contributed by atoms with E-state index in [-0.39, 0.29) is 18.9 Å². The highest BCUT2D eigenvalue weighted by Gasteiger charge is 2.17. The summed E-state index contributed by atoms with van der Waals surface area (Å²) in [5, 5.41) is 2.81. The molecule has 158 valence electrons. The molecule has 29 heavy (non-hydrogen) atoms. The molecule has 1 amide bonds. The first kappa shape index (κ1) is 23.2. The van der Waals surface area contributed by atoms with Crippen molar-refractivity contribution < 1.29 is 17.9 Å². The summed E-state index contributed by atoms with van der Waals surface area (Å²) >= 11 is 3.35. The summed E-state index contributed by atoms with van der Waals surface area (Å²) in [6, 6.07) is 13.0. The van der Waals surface area contributed by atoms with E-state index >= 15 is 0 Å². The Labute approximate surface area is 181 Å². The van der Waals surface area contributed by atoms with Gasteiger partial charge in [0.1, 0.15) is 12.4 Å². The summed E-state index contributed by atoms with van der Waals surface area (Å²) < 4.78 is 32.0. The van der Waals surface area contributed by atoms with Gasteiger partial charge in [-0.2, -0.15) is 0 Å². The number of anilines is 1. The van der Waals surface area contributed by atoms with E-state index in [1.54, 1.807) is 18.2 Å². The zero-order valence-corrected chi connectivity index (χ0v) is 19.3. The Morgan fingerprint density at radius 1 is 1.17 bits per heavy atom. The Morgan fingerprint density at radius 2 is 1.93 bits per heavy atom. The molecule has 8 heteroatoms. The van der Waals surface area contributed by atoms with E-state index in [2.05, 4.69) is 21.2 Å². The van der Waals surface area contributed by atoms with Crippen LogP contribution in [0.15, 0.2) is 46.9 Å². The molecule has 0 saturated carbocycles. The largest absolute Gasteiger partial charge is 0.491 e. The third-order valence-corrected chi connectivity index (χ3v) is 5.96. The second kappa shape index (κ2) is 10.6. The molecule has 0 unspecified atom stereocenters. The molecule has 0 aliphatic rings. The van der Waals surface area contributed by atoms with Crippen LogP contribution >= 0.6 is 15.9 Å². The van der Waals surface area contributed by atoms with Crippen molar-refractivity contribution in [2.45, 2.75) is 26.7 Å². The molecule has 0 bridgehead atoms. The number of nitrogens with zero attached hydrogens (tertiary/aromatic N) is 1. The molecule has 6 nitrogen and oxygen atoms in total. The van der Waals surface area contributed by atoms with Crippen LogP contribution in [0.2, 0.25) is 0 Å². The smallest absolute Gasteiger partial charge is 0.232 e. The lowest BCUT2D eigenvalue weighted by atomic mass is 10.1.